The normalized spacial score (nSPS) is 11.0. The second-order valence-corrected chi connectivity index (χ2v) is 5.67. The van der Waals surface area contributed by atoms with Crippen LogP contribution in [0.2, 0.25) is 0 Å². The van der Waals surface area contributed by atoms with E-state index in [9.17, 15) is 0 Å². The highest BCUT2D eigenvalue weighted by atomic mass is 32.2. The van der Waals surface area contributed by atoms with E-state index in [1.807, 2.05) is 35.9 Å². The Morgan fingerprint density at radius 1 is 1.14 bits per heavy atom. The van der Waals surface area contributed by atoms with Gasteiger partial charge in [-0.15, -0.1) is 20.4 Å². The van der Waals surface area contributed by atoms with Gasteiger partial charge in [-0.25, -0.2) is 0 Å². The first kappa shape index (κ1) is 14.7. The van der Waals surface area contributed by atoms with E-state index in [4.69, 9.17) is 9.52 Å². The summed E-state index contributed by atoms with van der Waals surface area (Å²) in [6, 6.07) is 7.73. The molecule has 0 unspecified atom stereocenters. The second-order valence-electron chi connectivity index (χ2n) is 4.61. The van der Waals surface area contributed by atoms with Crippen LogP contribution in [0.25, 0.3) is 22.8 Å². The smallest absolute Gasteiger partial charge is 0.247 e. The van der Waals surface area contributed by atoms with E-state index in [2.05, 4.69) is 20.4 Å². The summed E-state index contributed by atoms with van der Waals surface area (Å²) in [6.45, 7) is 0.189. The maximum Gasteiger partial charge on any atom is 0.247 e. The van der Waals surface area contributed by atoms with Crippen molar-refractivity contribution in [2.45, 2.75) is 11.6 Å². The topological polar surface area (TPSA) is 89.9 Å². The Hall–Kier alpha value is -2.19. The Morgan fingerprint density at radius 2 is 1.91 bits per heavy atom. The van der Waals surface area contributed by atoms with Gasteiger partial charge in [0.15, 0.2) is 11.0 Å². The maximum atomic E-state index is 8.83. The van der Waals surface area contributed by atoms with Gasteiger partial charge in [0.25, 0.3) is 0 Å². The molecule has 0 aliphatic rings. The van der Waals surface area contributed by atoms with Gasteiger partial charge in [-0.1, -0.05) is 23.9 Å². The first-order chi connectivity index (χ1) is 10.8. The molecule has 0 saturated heterocycles. The van der Waals surface area contributed by atoms with E-state index >= 15 is 0 Å². The molecule has 0 aliphatic heterocycles. The average Bonchev–Trinajstić information content (AvgIpc) is 3.19. The fourth-order valence-corrected chi connectivity index (χ4v) is 2.82. The summed E-state index contributed by atoms with van der Waals surface area (Å²) in [5.41, 5.74) is 1.83. The molecule has 0 spiro atoms. The van der Waals surface area contributed by atoms with Crippen LogP contribution in [0.1, 0.15) is 6.42 Å². The van der Waals surface area contributed by atoms with Crippen molar-refractivity contribution in [1.29, 1.82) is 0 Å². The first-order valence-electron chi connectivity index (χ1n) is 6.79. The van der Waals surface area contributed by atoms with Crippen LogP contribution in [0.15, 0.2) is 40.2 Å². The molecular weight excluding hydrogens is 302 g/mol. The number of aliphatic hydroxyl groups excluding tert-OH is 1. The van der Waals surface area contributed by atoms with Crippen molar-refractivity contribution in [2.75, 3.05) is 12.4 Å². The van der Waals surface area contributed by atoms with Crippen LogP contribution in [0, 0.1) is 0 Å². The first-order valence-corrected chi connectivity index (χ1v) is 7.78. The number of aromatic nitrogens is 5. The molecule has 0 saturated carbocycles. The summed E-state index contributed by atoms with van der Waals surface area (Å²) in [6.07, 6.45) is 2.05. The van der Waals surface area contributed by atoms with Crippen LogP contribution in [0.5, 0.6) is 0 Å². The number of thioether (sulfide) groups is 1. The zero-order valence-electron chi connectivity index (χ0n) is 12.0. The third-order valence-electron chi connectivity index (χ3n) is 3.12. The van der Waals surface area contributed by atoms with E-state index in [-0.39, 0.29) is 6.61 Å². The van der Waals surface area contributed by atoms with Crippen molar-refractivity contribution in [2.24, 2.45) is 7.05 Å². The van der Waals surface area contributed by atoms with Gasteiger partial charge in [-0.05, 0) is 18.6 Å². The summed E-state index contributed by atoms with van der Waals surface area (Å²) < 4.78 is 7.12. The molecule has 2 heterocycles. The van der Waals surface area contributed by atoms with Gasteiger partial charge in [-0.3, -0.25) is 0 Å². The van der Waals surface area contributed by atoms with Crippen LogP contribution < -0.4 is 0 Å². The zero-order valence-corrected chi connectivity index (χ0v) is 12.8. The van der Waals surface area contributed by atoms with Crippen LogP contribution >= 0.6 is 11.8 Å². The minimum absolute atomic E-state index is 0.189. The third-order valence-corrected chi connectivity index (χ3v) is 4.23. The van der Waals surface area contributed by atoms with Gasteiger partial charge in [0.05, 0.1) is 0 Å². The number of benzene rings is 1. The SMILES string of the molecule is Cn1c(SCCCO)nnc1-c1ccc(-c2nnco2)cc1. The monoisotopic (exact) mass is 317 g/mol. The van der Waals surface area contributed by atoms with Crippen molar-refractivity contribution in [3.05, 3.63) is 30.7 Å². The fourth-order valence-electron chi connectivity index (χ4n) is 1.98. The van der Waals surface area contributed by atoms with Crippen molar-refractivity contribution < 1.29 is 9.52 Å². The quantitative estimate of drug-likeness (QED) is 0.549. The lowest BCUT2D eigenvalue weighted by molar-refractivity contribution is 0.296. The summed E-state index contributed by atoms with van der Waals surface area (Å²) in [5, 5.41) is 25.6. The molecule has 1 aromatic carbocycles. The molecule has 8 heteroatoms. The molecule has 0 atom stereocenters. The predicted molar refractivity (Wildman–Crippen MR) is 82.2 cm³/mol. The van der Waals surface area contributed by atoms with Crippen molar-refractivity contribution in [3.8, 4) is 22.8 Å². The van der Waals surface area contributed by atoms with Gasteiger partial charge >= 0.3 is 0 Å². The van der Waals surface area contributed by atoms with Gasteiger partial charge < -0.3 is 14.1 Å². The lowest BCUT2D eigenvalue weighted by Crippen LogP contribution is -1.96. The molecule has 0 aliphatic carbocycles. The number of nitrogens with zero attached hydrogens (tertiary/aromatic N) is 5. The number of hydrogen-bond acceptors (Lipinski definition) is 7. The van der Waals surface area contributed by atoms with Crippen LogP contribution in [-0.2, 0) is 7.05 Å². The van der Waals surface area contributed by atoms with Gasteiger partial charge in [-0.2, -0.15) is 0 Å². The van der Waals surface area contributed by atoms with Crippen LogP contribution in [0.4, 0.5) is 0 Å². The van der Waals surface area contributed by atoms with Crippen molar-refractivity contribution in [3.63, 3.8) is 0 Å². The summed E-state index contributed by atoms with van der Waals surface area (Å²) in [5.74, 6) is 2.10. The van der Waals surface area contributed by atoms with E-state index in [0.717, 1.165) is 34.3 Å². The molecule has 1 N–H and O–H groups in total. The summed E-state index contributed by atoms with van der Waals surface area (Å²) in [4.78, 5) is 0. The maximum absolute atomic E-state index is 8.83. The molecule has 7 nitrogen and oxygen atoms in total. The van der Waals surface area contributed by atoms with Crippen LogP contribution in [-0.4, -0.2) is 42.4 Å². The number of aliphatic hydroxyl groups is 1. The number of rotatable bonds is 6. The molecule has 0 fully saturated rings. The summed E-state index contributed by atoms with van der Waals surface area (Å²) >= 11 is 1.58. The molecule has 0 bridgehead atoms. The second kappa shape index (κ2) is 6.71. The largest absolute Gasteiger partial charge is 0.423 e. The Kier molecular flexibility index (Phi) is 4.50. The Bertz CT molecular complexity index is 724. The predicted octanol–water partition coefficient (Wildman–Crippen LogP) is 2.01. The minimum Gasteiger partial charge on any atom is -0.423 e. The zero-order chi connectivity index (χ0) is 15.4. The van der Waals surface area contributed by atoms with E-state index < -0.39 is 0 Å². The minimum atomic E-state index is 0.189. The highest BCUT2D eigenvalue weighted by molar-refractivity contribution is 7.99. The third kappa shape index (κ3) is 3.02. The molecule has 22 heavy (non-hydrogen) atoms. The lowest BCUT2D eigenvalue weighted by atomic mass is 10.1. The van der Waals surface area contributed by atoms with E-state index in [1.54, 1.807) is 11.8 Å². The average molecular weight is 317 g/mol. The van der Waals surface area contributed by atoms with Crippen molar-refractivity contribution in [1.82, 2.24) is 25.0 Å². The van der Waals surface area contributed by atoms with E-state index in [1.165, 1.54) is 6.39 Å². The van der Waals surface area contributed by atoms with Crippen molar-refractivity contribution >= 4 is 11.8 Å². The standard InChI is InChI=1S/C14H15N5O2S/c1-19-12(16-18-14(19)22-8-2-7-20)10-3-5-11(6-4-10)13-17-15-9-21-13/h3-6,9,20H,2,7-8H2,1H3. The van der Waals surface area contributed by atoms with Crippen LogP contribution in [0.3, 0.4) is 0 Å². The lowest BCUT2D eigenvalue weighted by Gasteiger charge is -2.04. The molecular formula is C14H15N5O2S. The number of hydrogen-bond donors (Lipinski definition) is 1. The van der Waals surface area contributed by atoms with Gasteiger partial charge in [0, 0.05) is 30.5 Å². The Labute approximate surface area is 131 Å². The molecule has 0 radical (unpaired) electrons. The fraction of sp³-hybridized carbons (Fsp3) is 0.286. The highest BCUT2D eigenvalue weighted by Crippen LogP contribution is 2.25. The van der Waals surface area contributed by atoms with Gasteiger partial charge in [0.1, 0.15) is 0 Å². The highest BCUT2D eigenvalue weighted by Gasteiger charge is 2.12. The summed E-state index contributed by atoms with van der Waals surface area (Å²) in [7, 11) is 1.93. The van der Waals surface area contributed by atoms with Gasteiger partial charge in [0.2, 0.25) is 12.3 Å². The van der Waals surface area contributed by atoms with E-state index in [0.29, 0.717) is 5.89 Å². The molecule has 114 valence electrons. The Balaban J connectivity index is 1.79. The molecule has 3 rings (SSSR count). The molecule has 0 amide bonds. The molecule has 2 aromatic heterocycles. The molecule has 3 aromatic rings. The Morgan fingerprint density at radius 3 is 2.59 bits per heavy atom.